The second-order valence-electron chi connectivity index (χ2n) is 9.84. The van der Waals surface area contributed by atoms with Gasteiger partial charge >= 0.3 is 23.8 Å². The molecule has 2 fully saturated rings. The van der Waals surface area contributed by atoms with Crippen LogP contribution in [0.1, 0.15) is 18.5 Å². The van der Waals surface area contributed by atoms with E-state index in [1.54, 1.807) is 14.0 Å². The molecule has 4 heterocycles. The molecule has 1 aromatic carbocycles. The second kappa shape index (κ2) is 13.5. The summed E-state index contributed by atoms with van der Waals surface area (Å²) >= 11 is 2.49. The molecule has 2 aromatic rings. The van der Waals surface area contributed by atoms with E-state index in [4.69, 9.17) is 0 Å². The number of likely N-dealkylation sites (N-methyl/N-ethyl adjacent to an activating group) is 1. The SMILES string of the molecule is CCN1CCN(C(=O)N[C@@H](C(=O)N[C@@H]2C(=O)N3C(C(=O)O)=C(CSc4nnnn4C)CS[C@H]23)c2ccc(O)cc2)C(=O)C1=O.O. The first-order chi connectivity index (χ1) is 21.0. The summed E-state index contributed by atoms with van der Waals surface area (Å²) in [6.45, 7) is 2.04. The Morgan fingerprint density at radius 1 is 1.13 bits per heavy atom. The Kier molecular flexibility index (Phi) is 9.98. The fourth-order valence-electron chi connectivity index (χ4n) is 4.86. The van der Waals surface area contributed by atoms with E-state index in [1.807, 2.05) is 0 Å². The quantitative estimate of drug-likeness (QED) is 0.130. The van der Waals surface area contributed by atoms with Gasteiger partial charge in [0.1, 0.15) is 28.9 Å². The van der Waals surface area contributed by atoms with Crippen molar-refractivity contribution in [3.8, 4) is 5.75 Å². The molecule has 240 valence electrons. The zero-order chi connectivity index (χ0) is 31.7. The topological polar surface area (TPSA) is 252 Å². The number of amides is 6. The number of aliphatic carboxylic acids is 1. The number of carboxylic acids is 1. The first-order valence-electron chi connectivity index (χ1n) is 13.3. The number of benzene rings is 1. The number of fused-ring (bicyclic) bond motifs is 1. The number of carbonyl (C=O) groups is 6. The fourth-order valence-corrected chi connectivity index (χ4v) is 7.20. The van der Waals surface area contributed by atoms with E-state index in [0.29, 0.717) is 22.2 Å². The van der Waals surface area contributed by atoms with Crippen LogP contribution in [0.3, 0.4) is 0 Å². The molecular formula is C25H29N9O9S2. The lowest BCUT2D eigenvalue weighted by Crippen LogP contribution is -2.71. The molecule has 3 aliphatic rings. The molecule has 45 heavy (non-hydrogen) atoms. The lowest BCUT2D eigenvalue weighted by molar-refractivity contribution is -0.153. The predicted molar refractivity (Wildman–Crippen MR) is 156 cm³/mol. The largest absolute Gasteiger partial charge is 0.508 e. The van der Waals surface area contributed by atoms with Gasteiger partial charge < -0.3 is 31.2 Å². The summed E-state index contributed by atoms with van der Waals surface area (Å²) in [6, 6.07) is 1.84. The van der Waals surface area contributed by atoms with Crippen molar-refractivity contribution in [1.29, 1.82) is 0 Å². The number of β-lactam (4-membered cyclic amide) rings is 1. The maximum Gasteiger partial charge on any atom is 0.352 e. The molecule has 0 aliphatic carbocycles. The number of phenols is 1. The molecular weight excluding hydrogens is 634 g/mol. The van der Waals surface area contributed by atoms with Gasteiger partial charge in [-0.05, 0) is 40.6 Å². The Hall–Kier alpha value is -4.69. The highest BCUT2D eigenvalue weighted by atomic mass is 32.2. The number of imide groups is 1. The first-order valence-corrected chi connectivity index (χ1v) is 15.3. The van der Waals surface area contributed by atoms with E-state index < -0.39 is 53.1 Å². The molecule has 0 radical (unpaired) electrons. The molecule has 5 rings (SSSR count). The van der Waals surface area contributed by atoms with Crippen LogP contribution in [0.4, 0.5) is 4.79 Å². The number of carbonyl (C=O) groups excluding carboxylic acids is 5. The van der Waals surface area contributed by atoms with Gasteiger partial charge in [0.25, 0.3) is 5.91 Å². The van der Waals surface area contributed by atoms with Gasteiger partial charge in [0.15, 0.2) is 0 Å². The third kappa shape index (κ3) is 6.42. The number of hydrogen-bond donors (Lipinski definition) is 4. The van der Waals surface area contributed by atoms with Crippen molar-refractivity contribution in [2.45, 2.75) is 29.5 Å². The van der Waals surface area contributed by atoms with Gasteiger partial charge in [-0.2, -0.15) is 0 Å². The molecule has 0 saturated carbocycles. The number of aromatic hydroxyl groups is 1. The molecule has 3 aliphatic heterocycles. The fraction of sp³-hybridized carbons (Fsp3) is 0.400. The van der Waals surface area contributed by atoms with Gasteiger partial charge in [0.2, 0.25) is 11.1 Å². The van der Waals surface area contributed by atoms with Crippen LogP contribution < -0.4 is 10.6 Å². The van der Waals surface area contributed by atoms with E-state index in [9.17, 15) is 39.0 Å². The Balaban J connectivity index is 0.00000461. The Morgan fingerprint density at radius 3 is 2.47 bits per heavy atom. The zero-order valence-electron chi connectivity index (χ0n) is 23.9. The standard InChI is InChI=1S/C25H27N9O8S2.H2O/c1-3-32-8-9-33(21(39)20(32)38)24(42)27-15(12-4-6-14(35)7-5-12)18(36)26-16-19(37)34-17(23(40)41)13(10-43-22(16)34)11-44-25-28-29-30-31(25)2;/h4-7,15-16,22,35H,3,8-11H2,1-2H3,(H,26,36)(H,27,42)(H,40,41);1H2/t15-,16-,22-;/m1./s1. The third-order valence-corrected chi connectivity index (χ3v) is 9.63. The smallest absolute Gasteiger partial charge is 0.352 e. The molecule has 20 heteroatoms. The van der Waals surface area contributed by atoms with Crippen LogP contribution in [0.5, 0.6) is 5.75 Å². The Bertz CT molecular complexity index is 1560. The van der Waals surface area contributed by atoms with Crippen LogP contribution in [-0.2, 0) is 31.0 Å². The van der Waals surface area contributed by atoms with Crippen LogP contribution >= 0.6 is 23.5 Å². The lowest BCUT2D eigenvalue weighted by atomic mass is 10.0. The first kappa shape index (κ1) is 33.2. The van der Waals surface area contributed by atoms with Crippen molar-refractivity contribution in [3.63, 3.8) is 0 Å². The number of rotatable bonds is 9. The number of carboxylic acid groups (broad SMARTS) is 1. The molecule has 18 nitrogen and oxygen atoms in total. The average Bonchev–Trinajstić information content (AvgIpc) is 3.42. The number of nitrogens with zero attached hydrogens (tertiary/aromatic N) is 7. The van der Waals surface area contributed by atoms with Crippen molar-refractivity contribution in [2.75, 3.05) is 31.1 Å². The normalized spacial score (nSPS) is 20.2. The molecule has 3 atom stereocenters. The van der Waals surface area contributed by atoms with Gasteiger partial charge in [0, 0.05) is 38.2 Å². The highest BCUT2D eigenvalue weighted by Gasteiger charge is 2.54. The Morgan fingerprint density at radius 2 is 1.84 bits per heavy atom. The predicted octanol–water partition coefficient (Wildman–Crippen LogP) is -1.94. The summed E-state index contributed by atoms with van der Waals surface area (Å²) in [4.78, 5) is 80.1. The number of piperazine rings is 1. The van der Waals surface area contributed by atoms with Crippen LogP contribution in [0.15, 0.2) is 40.7 Å². The number of thioether (sulfide) groups is 2. The number of urea groups is 1. The van der Waals surface area contributed by atoms with Gasteiger partial charge in [-0.15, -0.1) is 16.9 Å². The van der Waals surface area contributed by atoms with Crippen molar-refractivity contribution in [1.82, 2.24) is 45.5 Å². The summed E-state index contributed by atoms with van der Waals surface area (Å²) in [5.41, 5.74) is 0.536. The van der Waals surface area contributed by atoms with Crippen LogP contribution in [0.2, 0.25) is 0 Å². The highest BCUT2D eigenvalue weighted by molar-refractivity contribution is 8.01. The van der Waals surface area contributed by atoms with Crippen molar-refractivity contribution < 1.29 is 44.5 Å². The monoisotopic (exact) mass is 663 g/mol. The van der Waals surface area contributed by atoms with Crippen molar-refractivity contribution in [3.05, 3.63) is 41.1 Å². The van der Waals surface area contributed by atoms with E-state index in [1.165, 1.54) is 57.4 Å². The second-order valence-corrected chi connectivity index (χ2v) is 11.9. The minimum Gasteiger partial charge on any atom is -0.508 e. The van der Waals surface area contributed by atoms with E-state index in [2.05, 4.69) is 26.2 Å². The summed E-state index contributed by atoms with van der Waals surface area (Å²) in [7, 11) is 1.64. The lowest BCUT2D eigenvalue weighted by Gasteiger charge is -2.49. The van der Waals surface area contributed by atoms with Gasteiger partial charge in [0.05, 0.1) is 0 Å². The summed E-state index contributed by atoms with van der Waals surface area (Å²) < 4.78 is 1.44. The van der Waals surface area contributed by atoms with Crippen LogP contribution in [0.25, 0.3) is 0 Å². The van der Waals surface area contributed by atoms with Gasteiger partial charge in [-0.3, -0.25) is 29.0 Å². The maximum absolute atomic E-state index is 13.6. The van der Waals surface area contributed by atoms with Crippen molar-refractivity contribution in [2.24, 2.45) is 7.05 Å². The van der Waals surface area contributed by atoms with E-state index in [0.717, 1.165) is 4.90 Å². The summed E-state index contributed by atoms with van der Waals surface area (Å²) in [6.07, 6.45) is 0. The van der Waals surface area contributed by atoms with E-state index >= 15 is 0 Å². The summed E-state index contributed by atoms with van der Waals surface area (Å²) in [5, 5.41) is 35.6. The molecule has 0 unspecified atom stereocenters. The number of aryl methyl sites for hydroxylation is 1. The molecule has 0 spiro atoms. The summed E-state index contributed by atoms with van der Waals surface area (Å²) in [5.74, 6) is -4.26. The molecule has 6 N–H and O–H groups in total. The van der Waals surface area contributed by atoms with Crippen molar-refractivity contribution >= 4 is 59.2 Å². The Labute approximate surface area is 263 Å². The molecule has 2 saturated heterocycles. The average molecular weight is 664 g/mol. The zero-order valence-corrected chi connectivity index (χ0v) is 25.5. The molecule has 0 bridgehead atoms. The van der Waals surface area contributed by atoms with Crippen LogP contribution in [0, 0.1) is 0 Å². The minimum absolute atomic E-state index is 0. The molecule has 6 amide bonds. The number of hydrogen-bond acceptors (Lipinski definition) is 12. The number of phenolic OH excluding ortho intramolecular Hbond substituents is 1. The third-order valence-electron chi connectivity index (χ3n) is 7.20. The van der Waals surface area contributed by atoms with Gasteiger partial charge in [-0.25, -0.2) is 14.3 Å². The number of aromatic nitrogens is 4. The molecule has 1 aromatic heterocycles. The number of nitrogens with one attached hydrogen (secondary N) is 2. The highest BCUT2D eigenvalue weighted by Crippen LogP contribution is 2.41. The van der Waals surface area contributed by atoms with Crippen LogP contribution in [-0.4, -0.2) is 129 Å². The minimum atomic E-state index is -1.42. The number of tetrazole rings is 1. The van der Waals surface area contributed by atoms with E-state index in [-0.39, 0.29) is 47.1 Å². The van der Waals surface area contributed by atoms with Gasteiger partial charge in [-0.1, -0.05) is 23.9 Å². The maximum atomic E-state index is 13.6.